The van der Waals surface area contributed by atoms with Gasteiger partial charge in [-0.3, -0.25) is 14.4 Å². The lowest BCUT2D eigenvalue weighted by atomic mass is 10.1. The molecular formula is C18H18N2O7. The van der Waals surface area contributed by atoms with Gasteiger partial charge in [0.2, 0.25) is 0 Å². The Balaban J connectivity index is 1.90. The minimum absolute atomic E-state index is 0.0338. The van der Waals surface area contributed by atoms with Crippen molar-refractivity contribution in [2.45, 2.75) is 18.9 Å². The SMILES string of the molecule is COC(=O)[C@@H]1CCCN1C(=O)c1cccc(Nc2c(OC)c(=O)c2=O)c1O. The average molecular weight is 374 g/mol. The Bertz CT molecular complexity index is 975. The van der Waals surface area contributed by atoms with Gasteiger partial charge in [-0.25, -0.2) is 4.79 Å². The number of para-hydroxylation sites is 1. The molecule has 1 aliphatic rings. The predicted octanol–water partition coefficient (Wildman–Crippen LogP) is 0.518. The molecule has 0 unspecified atom stereocenters. The van der Waals surface area contributed by atoms with Gasteiger partial charge in [0, 0.05) is 6.54 Å². The van der Waals surface area contributed by atoms with Crippen LogP contribution < -0.4 is 20.9 Å². The average Bonchev–Trinajstić information content (AvgIpc) is 3.17. The number of benzene rings is 1. The molecule has 0 saturated carbocycles. The first-order valence-electron chi connectivity index (χ1n) is 8.25. The molecule has 1 amide bonds. The van der Waals surface area contributed by atoms with Gasteiger partial charge in [-0.2, -0.15) is 0 Å². The Kier molecular flexibility index (Phi) is 4.85. The van der Waals surface area contributed by atoms with Gasteiger partial charge >= 0.3 is 5.97 Å². The highest BCUT2D eigenvalue weighted by Gasteiger charge is 2.36. The van der Waals surface area contributed by atoms with E-state index in [0.29, 0.717) is 19.4 Å². The zero-order chi connectivity index (χ0) is 19.7. The topological polar surface area (TPSA) is 122 Å². The number of anilines is 2. The fourth-order valence-corrected chi connectivity index (χ4v) is 3.18. The number of carbonyl (C=O) groups is 2. The number of rotatable bonds is 5. The van der Waals surface area contributed by atoms with Crippen molar-refractivity contribution in [2.24, 2.45) is 0 Å². The van der Waals surface area contributed by atoms with Crippen molar-refractivity contribution in [2.75, 3.05) is 26.1 Å². The standard InChI is InChI=1S/C18H18N2O7/c1-26-16-12(14(22)15(16)23)19-10-6-3-5-9(13(10)21)17(24)20-8-4-7-11(20)18(25)27-2/h3,5-6,11,19,21H,4,7-8H2,1-2H3/t11-/m0/s1. The summed E-state index contributed by atoms with van der Waals surface area (Å²) in [6, 6.07) is 3.67. The van der Waals surface area contributed by atoms with Crippen molar-refractivity contribution >= 4 is 23.3 Å². The van der Waals surface area contributed by atoms with Crippen LogP contribution in [0.5, 0.6) is 11.5 Å². The Morgan fingerprint density at radius 3 is 2.63 bits per heavy atom. The van der Waals surface area contributed by atoms with Gasteiger partial charge in [-0.05, 0) is 25.0 Å². The Hall–Kier alpha value is -3.36. The minimum atomic E-state index is -0.770. The molecule has 0 aliphatic carbocycles. The maximum atomic E-state index is 12.8. The van der Waals surface area contributed by atoms with E-state index in [9.17, 15) is 24.3 Å². The number of esters is 1. The number of methoxy groups -OCH3 is 2. The van der Waals surface area contributed by atoms with E-state index in [4.69, 9.17) is 9.47 Å². The molecule has 142 valence electrons. The second-order valence-electron chi connectivity index (χ2n) is 6.07. The summed E-state index contributed by atoms with van der Waals surface area (Å²) in [7, 11) is 2.50. The number of hydrogen-bond donors (Lipinski definition) is 2. The van der Waals surface area contributed by atoms with Crippen LogP contribution in [0.2, 0.25) is 0 Å². The molecule has 0 radical (unpaired) electrons. The van der Waals surface area contributed by atoms with E-state index in [1.807, 2.05) is 0 Å². The zero-order valence-corrected chi connectivity index (χ0v) is 14.8. The van der Waals surface area contributed by atoms with E-state index < -0.39 is 34.5 Å². The molecule has 9 nitrogen and oxygen atoms in total. The zero-order valence-electron chi connectivity index (χ0n) is 14.8. The third-order valence-electron chi connectivity index (χ3n) is 4.58. The molecular weight excluding hydrogens is 356 g/mol. The molecule has 0 bridgehead atoms. The van der Waals surface area contributed by atoms with Gasteiger partial charge in [0.15, 0.2) is 11.5 Å². The van der Waals surface area contributed by atoms with Crippen molar-refractivity contribution < 1.29 is 24.2 Å². The van der Waals surface area contributed by atoms with Gasteiger partial charge in [0.25, 0.3) is 16.8 Å². The van der Waals surface area contributed by atoms with Crippen molar-refractivity contribution in [3.8, 4) is 11.5 Å². The Labute approximate surface area is 153 Å². The number of likely N-dealkylation sites (tertiary alicyclic amines) is 1. The monoisotopic (exact) mass is 374 g/mol. The van der Waals surface area contributed by atoms with Crippen LogP contribution in [0.3, 0.4) is 0 Å². The molecule has 1 atom stereocenters. The molecule has 0 aromatic heterocycles. The molecule has 1 aliphatic heterocycles. The van der Waals surface area contributed by atoms with Crippen LogP contribution in [-0.4, -0.2) is 48.7 Å². The number of amides is 1. The maximum absolute atomic E-state index is 12.8. The molecule has 0 spiro atoms. The minimum Gasteiger partial charge on any atom is -0.505 e. The van der Waals surface area contributed by atoms with E-state index >= 15 is 0 Å². The molecule has 2 N–H and O–H groups in total. The summed E-state index contributed by atoms with van der Waals surface area (Å²) in [5.41, 5.74) is -1.58. The van der Waals surface area contributed by atoms with Gasteiger partial charge in [-0.15, -0.1) is 0 Å². The van der Waals surface area contributed by atoms with Crippen molar-refractivity contribution in [1.29, 1.82) is 0 Å². The van der Waals surface area contributed by atoms with Crippen LogP contribution in [0, 0.1) is 0 Å². The fraction of sp³-hybridized carbons (Fsp3) is 0.333. The first-order valence-corrected chi connectivity index (χ1v) is 8.25. The number of ether oxygens (including phenoxy) is 2. The van der Waals surface area contributed by atoms with Crippen LogP contribution in [0.15, 0.2) is 27.8 Å². The summed E-state index contributed by atoms with van der Waals surface area (Å²) in [5.74, 6) is -1.57. The van der Waals surface area contributed by atoms with Crippen LogP contribution in [0.4, 0.5) is 11.4 Å². The van der Waals surface area contributed by atoms with Crippen LogP contribution >= 0.6 is 0 Å². The van der Waals surface area contributed by atoms with E-state index in [-0.39, 0.29) is 22.7 Å². The van der Waals surface area contributed by atoms with Gasteiger partial charge in [-0.1, -0.05) is 6.07 Å². The highest BCUT2D eigenvalue weighted by molar-refractivity contribution is 6.01. The third-order valence-corrected chi connectivity index (χ3v) is 4.58. The number of nitrogens with zero attached hydrogens (tertiary/aromatic N) is 1. The smallest absolute Gasteiger partial charge is 0.328 e. The fourth-order valence-electron chi connectivity index (χ4n) is 3.18. The second kappa shape index (κ2) is 7.10. The lowest BCUT2D eigenvalue weighted by Crippen LogP contribution is -2.41. The summed E-state index contributed by atoms with van der Waals surface area (Å²) in [4.78, 5) is 49.1. The molecule has 1 saturated heterocycles. The second-order valence-corrected chi connectivity index (χ2v) is 6.07. The van der Waals surface area contributed by atoms with E-state index in [0.717, 1.165) is 0 Å². The first kappa shape index (κ1) is 18.4. The molecule has 9 heteroatoms. The van der Waals surface area contributed by atoms with Crippen molar-refractivity contribution in [3.63, 3.8) is 0 Å². The van der Waals surface area contributed by atoms with Crippen LogP contribution in [0.25, 0.3) is 0 Å². The van der Waals surface area contributed by atoms with Crippen molar-refractivity contribution in [1.82, 2.24) is 4.90 Å². The molecule has 2 aromatic rings. The maximum Gasteiger partial charge on any atom is 0.328 e. The van der Waals surface area contributed by atoms with E-state index in [2.05, 4.69) is 5.32 Å². The summed E-state index contributed by atoms with van der Waals surface area (Å²) in [6.45, 7) is 0.363. The molecule has 1 heterocycles. The predicted molar refractivity (Wildman–Crippen MR) is 95.4 cm³/mol. The molecule has 2 aromatic carbocycles. The largest absolute Gasteiger partial charge is 0.505 e. The molecule has 1 fully saturated rings. The van der Waals surface area contributed by atoms with Crippen LogP contribution in [0.1, 0.15) is 23.2 Å². The van der Waals surface area contributed by atoms with Crippen molar-refractivity contribution in [3.05, 3.63) is 44.2 Å². The number of phenols is 1. The van der Waals surface area contributed by atoms with Crippen LogP contribution in [-0.2, 0) is 9.53 Å². The first-order chi connectivity index (χ1) is 12.9. The van der Waals surface area contributed by atoms with Gasteiger partial charge in [0.1, 0.15) is 11.7 Å². The Morgan fingerprint density at radius 2 is 1.96 bits per heavy atom. The summed E-state index contributed by atoms with van der Waals surface area (Å²) in [6.07, 6.45) is 1.13. The van der Waals surface area contributed by atoms with E-state index in [1.165, 1.54) is 37.3 Å². The summed E-state index contributed by atoms with van der Waals surface area (Å²) < 4.78 is 9.57. The van der Waals surface area contributed by atoms with Gasteiger partial charge < -0.3 is 24.8 Å². The lowest BCUT2D eigenvalue weighted by molar-refractivity contribution is -0.145. The molecule has 3 rings (SSSR count). The van der Waals surface area contributed by atoms with E-state index in [1.54, 1.807) is 0 Å². The Morgan fingerprint density at radius 1 is 1.22 bits per heavy atom. The quantitative estimate of drug-likeness (QED) is 0.441. The number of aromatic hydroxyl groups is 1. The summed E-state index contributed by atoms with van der Waals surface area (Å²) in [5, 5.41) is 13.1. The number of hydrogen-bond acceptors (Lipinski definition) is 8. The number of nitrogens with one attached hydrogen (secondary N) is 1. The highest BCUT2D eigenvalue weighted by Crippen LogP contribution is 2.33. The summed E-state index contributed by atoms with van der Waals surface area (Å²) >= 11 is 0. The number of phenolic OH excluding ortho intramolecular Hbond substituents is 1. The lowest BCUT2D eigenvalue weighted by Gasteiger charge is -2.23. The number of carbonyl (C=O) groups excluding carboxylic acids is 2. The molecule has 27 heavy (non-hydrogen) atoms. The highest BCUT2D eigenvalue weighted by atomic mass is 16.5. The van der Waals surface area contributed by atoms with Gasteiger partial charge in [0.05, 0.1) is 25.5 Å². The normalized spacial score (nSPS) is 16.4. The third kappa shape index (κ3) is 3.01.